The Hall–Kier alpha value is -3.98. The van der Waals surface area contributed by atoms with Gasteiger partial charge >= 0.3 is 11.9 Å². The van der Waals surface area contributed by atoms with Gasteiger partial charge < -0.3 is 14.2 Å². The average molecular weight is 507 g/mol. The summed E-state index contributed by atoms with van der Waals surface area (Å²) in [5.41, 5.74) is 2.32. The summed E-state index contributed by atoms with van der Waals surface area (Å²) in [5.74, 6) is -0.381. The molecule has 2 aromatic carbocycles. The van der Waals surface area contributed by atoms with Crippen LogP contribution in [-0.2, 0) is 14.3 Å². The Labute approximate surface area is 211 Å². The van der Waals surface area contributed by atoms with Crippen molar-refractivity contribution in [1.82, 2.24) is 4.57 Å². The molecule has 0 spiro atoms. The van der Waals surface area contributed by atoms with Gasteiger partial charge in [-0.2, -0.15) is 0 Å². The molecule has 36 heavy (non-hydrogen) atoms. The van der Waals surface area contributed by atoms with Crippen molar-refractivity contribution in [2.24, 2.45) is 4.99 Å². The molecular formula is C27H26N2O6S. The number of nitrogens with zero attached hydrogens (tertiary/aromatic N) is 2. The minimum Gasteiger partial charge on any atom is -0.494 e. The number of para-hydroxylation sites is 1. The zero-order chi connectivity index (χ0) is 25.8. The first-order valence-corrected chi connectivity index (χ1v) is 12.3. The largest absolute Gasteiger partial charge is 0.494 e. The van der Waals surface area contributed by atoms with E-state index >= 15 is 0 Å². The van der Waals surface area contributed by atoms with Crippen LogP contribution in [0.3, 0.4) is 0 Å². The lowest BCUT2D eigenvalue weighted by molar-refractivity contribution is -0.139. The van der Waals surface area contributed by atoms with E-state index in [2.05, 4.69) is 4.99 Å². The predicted octanol–water partition coefficient (Wildman–Crippen LogP) is 2.98. The number of hydrogen-bond acceptors (Lipinski definition) is 8. The fraction of sp³-hybridized carbons (Fsp3) is 0.259. The smallest absolute Gasteiger partial charge is 0.338 e. The van der Waals surface area contributed by atoms with Crippen molar-refractivity contribution < 1.29 is 23.8 Å². The third-order valence-electron chi connectivity index (χ3n) is 5.66. The zero-order valence-electron chi connectivity index (χ0n) is 20.4. The number of benzene rings is 2. The third kappa shape index (κ3) is 4.74. The van der Waals surface area contributed by atoms with E-state index in [1.54, 1.807) is 44.2 Å². The van der Waals surface area contributed by atoms with Gasteiger partial charge in [0.25, 0.3) is 5.56 Å². The molecule has 0 unspecified atom stereocenters. The van der Waals surface area contributed by atoms with Crippen LogP contribution in [0.15, 0.2) is 69.6 Å². The summed E-state index contributed by atoms with van der Waals surface area (Å²) in [6.45, 7) is 5.98. The van der Waals surface area contributed by atoms with E-state index in [0.717, 1.165) is 5.56 Å². The van der Waals surface area contributed by atoms with Crippen molar-refractivity contribution in [2.75, 3.05) is 20.3 Å². The Morgan fingerprint density at radius 1 is 1.06 bits per heavy atom. The molecule has 9 heteroatoms. The maximum Gasteiger partial charge on any atom is 0.338 e. The van der Waals surface area contributed by atoms with Crippen molar-refractivity contribution in [3.05, 3.63) is 96.2 Å². The molecular weight excluding hydrogens is 480 g/mol. The van der Waals surface area contributed by atoms with Gasteiger partial charge in [-0.05, 0) is 50.6 Å². The minimum atomic E-state index is -0.757. The Morgan fingerprint density at radius 2 is 1.78 bits per heavy atom. The molecule has 1 atom stereocenters. The highest BCUT2D eigenvalue weighted by Crippen LogP contribution is 2.35. The van der Waals surface area contributed by atoms with Crippen molar-refractivity contribution >= 4 is 29.4 Å². The molecule has 0 aliphatic carbocycles. The van der Waals surface area contributed by atoms with Gasteiger partial charge in [-0.25, -0.2) is 14.6 Å². The lowest BCUT2D eigenvalue weighted by atomic mass is 9.95. The van der Waals surface area contributed by atoms with E-state index in [4.69, 9.17) is 14.2 Å². The molecule has 4 rings (SSSR count). The summed E-state index contributed by atoms with van der Waals surface area (Å²) >= 11 is 1.23. The van der Waals surface area contributed by atoms with Gasteiger partial charge in [0.15, 0.2) is 4.80 Å². The molecule has 186 valence electrons. The van der Waals surface area contributed by atoms with Crippen LogP contribution in [0, 0.1) is 0 Å². The van der Waals surface area contributed by atoms with Crippen LogP contribution in [0.25, 0.3) is 6.08 Å². The lowest BCUT2D eigenvalue weighted by Gasteiger charge is -2.26. The van der Waals surface area contributed by atoms with Gasteiger partial charge in [-0.3, -0.25) is 9.36 Å². The topological polar surface area (TPSA) is 96.2 Å². The minimum absolute atomic E-state index is 0.196. The number of carbonyl (C=O) groups excluding carboxylic acids is 2. The molecule has 1 aliphatic heterocycles. The molecule has 0 saturated heterocycles. The quantitative estimate of drug-likeness (QED) is 0.457. The summed E-state index contributed by atoms with van der Waals surface area (Å²) in [6.07, 6.45) is 1.74. The Bertz CT molecular complexity index is 1510. The van der Waals surface area contributed by atoms with Crippen LogP contribution in [0.1, 0.15) is 48.3 Å². The summed E-state index contributed by atoms with van der Waals surface area (Å²) in [7, 11) is 1.32. The predicted molar refractivity (Wildman–Crippen MR) is 136 cm³/mol. The fourth-order valence-corrected chi connectivity index (χ4v) is 5.11. The van der Waals surface area contributed by atoms with Gasteiger partial charge in [-0.1, -0.05) is 41.7 Å². The number of hydrogen-bond donors (Lipinski definition) is 0. The molecule has 1 aromatic heterocycles. The molecule has 3 aromatic rings. The Balaban J connectivity index is 1.91. The lowest BCUT2D eigenvalue weighted by Crippen LogP contribution is -2.40. The number of methoxy groups -OCH3 is 1. The zero-order valence-corrected chi connectivity index (χ0v) is 21.3. The number of aromatic nitrogens is 1. The van der Waals surface area contributed by atoms with Crippen LogP contribution in [0.2, 0.25) is 0 Å². The summed E-state index contributed by atoms with van der Waals surface area (Å²) in [6, 6.07) is 13.3. The maximum atomic E-state index is 13.7. The number of esters is 2. The summed E-state index contributed by atoms with van der Waals surface area (Å²) in [4.78, 5) is 43.6. The maximum absolute atomic E-state index is 13.7. The van der Waals surface area contributed by atoms with E-state index < -0.39 is 18.0 Å². The highest BCUT2D eigenvalue weighted by Gasteiger charge is 2.35. The first-order valence-electron chi connectivity index (χ1n) is 11.5. The number of fused-ring (bicyclic) bond motifs is 1. The Morgan fingerprint density at radius 3 is 2.44 bits per heavy atom. The number of ether oxygens (including phenoxy) is 3. The number of rotatable bonds is 7. The van der Waals surface area contributed by atoms with E-state index in [-0.39, 0.29) is 12.2 Å². The third-order valence-corrected chi connectivity index (χ3v) is 6.64. The van der Waals surface area contributed by atoms with E-state index in [0.29, 0.717) is 44.1 Å². The van der Waals surface area contributed by atoms with Crippen molar-refractivity contribution in [2.45, 2.75) is 26.8 Å². The molecule has 0 amide bonds. The standard InChI is InChI=1S/C27H26N2O6S/c1-5-34-20-10-8-7-9-19(20)23-22(26(32)35-6-2)16(3)28-27-29(23)24(30)21(36-27)15-17-11-13-18(14-12-17)25(31)33-4/h7-15,23H,5-6H2,1-4H3/b21-15-/t23-/m0/s1. The van der Waals surface area contributed by atoms with Crippen LogP contribution in [0.5, 0.6) is 5.75 Å². The van der Waals surface area contributed by atoms with E-state index in [1.165, 1.54) is 23.0 Å². The second-order valence-electron chi connectivity index (χ2n) is 7.89. The molecule has 2 heterocycles. The number of allylic oxidation sites excluding steroid dienone is 1. The average Bonchev–Trinajstić information content (AvgIpc) is 3.18. The van der Waals surface area contributed by atoms with Gasteiger partial charge in [0.1, 0.15) is 11.8 Å². The fourth-order valence-electron chi connectivity index (χ4n) is 4.06. The van der Waals surface area contributed by atoms with Gasteiger partial charge in [0.05, 0.1) is 41.7 Å². The summed E-state index contributed by atoms with van der Waals surface area (Å²) < 4.78 is 17.9. The molecule has 0 N–H and O–H groups in total. The molecule has 0 fully saturated rings. The monoisotopic (exact) mass is 506 g/mol. The van der Waals surface area contributed by atoms with E-state index in [1.807, 2.05) is 31.2 Å². The highest BCUT2D eigenvalue weighted by atomic mass is 32.1. The van der Waals surface area contributed by atoms with Crippen molar-refractivity contribution in [3.8, 4) is 5.75 Å². The summed E-state index contributed by atoms with van der Waals surface area (Å²) in [5, 5.41) is 0. The second kappa shape index (κ2) is 10.7. The first-order chi connectivity index (χ1) is 17.4. The van der Waals surface area contributed by atoms with Crippen LogP contribution < -0.4 is 19.6 Å². The highest BCUT2D eigenvalue weighted by molar-refractivity contribution is 7.07. The van der Waals surface area contributed by atoms with Gasteiger partial charge in [0, 0.05) is 5.56 Å². The first kappa shape index (κ1) is 25.1. The van der Waals surface area contributed by atoms with Crippen LogP contribution in [-0.4, -0.2) is 36.8 Å². The second-order valence-corrected chi connectivity index (χ2v) is 8.90. The normalized spacial score (nSPS) is 15.2. The van der Waals surface area contributed by atoms with Gasteiger partial charge in [-0.15, -0.1) is 0 Å². The number of carbonyl (C=O) groups is 2. The molecule has 8 nitrogen and oxygen atoms in total. The molecule has 0 saturated carbocycles. The van der Waals surface area contributed by atoms with Crippen molar-refractivity contribution in [3.63, 3.8) is 0 Å². The number of thiazole rings is 1. The molecule has 0 bridgehead atoms. The van der Waals surface area contributed by atoms with Crippen LogP contribution in [0.4, 0.5) is 0 Å². The Kier molecular flexibility index (Phi) is 7.49. The van der Waals surface area contributed by atoms with Crippen molar-refractivity contribution in [1.29, 1.82) is 0 Å². The molecule has 0 radical (unpaired) electrons. The SMILES string of the molecule is CCOC(=O)C1=C(C)N=c2s/c(=C\c3ccc(C(=O)OC)cc3)c(=O)n2[C@H]1c1ccccc1OCC. The molecule has 1 aliphatic rings. The van der Waals surface area contributed by atoms with Crippen LogP contribution >= 0.6 is 11.3 Å². The van der Waals surface area contributed by atoms with Gasteiger partial charge in [0.2, 0.25) is 0 Å². The van der Waals surface area contributed by atoms with E-state index in [9.17, 15) is 14.4 Å².